The normalized spacial score (nSPS) is 10.5. The number of carbonyl (C=O) groups excluding carboxylic acids is 1. The molecule has 19 heavy (non-hydrogen) atoms. The van der Waals surface area contributed by atoms with Crippen LogP contribution in [0.15, 0.2) is 35.1 Å². The summed E-state index contributed by atoms with van der Waals surface area (Å²) in [5.41, 5.74) is 0.599. The Hall–Kier alpha value is -0.970. The number of hydrogen-bond donors (Lipinski definition) is 0. The minimum Gasteiger partial charge on any atom is -0.484 e. The highest BCUT2D eigenvalue weighted by Crippen LogP contribution is 2.34. The molecule has 0 saturated carbocycles. The quantitative estimate of drug-likeness (QED) is 0.597. The van der Waals surface area contributed by atoms with Gasteiger partial charge in [0.25, 0.3) is 0 Å². The number of Topliss-reactive ketones (excluding diaryl/α,β-unsaturated/α-hetero) is 1. The van der Waals surface area contributed by atoms with Crippen molar-refractivity contribution < 1.29 is 9.53 Å². The van der Waals surface area contributed by atoms with Crippen molar-refractivity contribution in [2.24, 2.45) is 7.05 Å². The maximum absolute atomic E-state index is 11.9. The van der Waals surface area contributed by atoms with Crippen LogP contribution in [0.3, 0.4) is 0 Å². The molecular weight excluding hydrogens is 353 g/mol. The van der Waals surface area contributed by atoms with Crippen molar-refractivity contribution >= 4 is 44.9 Å². The first-order valence-corrected chi connectivity index (χ1v) is 6.95. The highest BCUT2D eigenvalue weighted by Gasteiger charge is 2.11. The molecule has 0 aliphatic heterocycles. The molecule has 0 amide bonds. The van der Waals surface area contributed by atoms with Gasteiger partial charge in [0.15, 0.2) is 6.61 Å². The van der Waals surface area contributed by atoms with Gasteiger partial charge in [0.1, 0.15) is 5.75 Å². The highest BCUT2D eigenvalue weighted by atomic mass is 79.9. The third kappa shape index (κ3) is 3.53. The predicted octanol–water partition coefficient (Wildman–Crippen LogP) is 4.36. The van der Waals surface area contributed by atoms with Crippen molar-refractivity contribution in [3.05, 3.63) is 50.7 Å². The van der Waals surface area contributed by atoms with Crippen molar-refractivity contribution in [1.82, 2.24) is 4.57 Å². The van der Waals surface area contributed by atoms with E-state index < -0.39 is 0 Å². The molecule has 0 saturated heterocycles. The third-order valence-corrected chi connectivity index (χ3v) is 3.98. The molecule has 0 unspecified atom stereocenters. The molecule has 1 aromatic carbocycles. The molecule has 2 rings (SSSR count). The van der Waals surface area contributed by atoms with Gasteiger partial charge in [-0.05, 0) is 28.1 Å². The molecular formula is C13H10BrCl2NO2. The van der Waals surface area contributed by atoms with Crippen molar-refractivity contribution in [3.8, 4) is 5.75 Å². The molecule has 1 heterocycles. The number of benzene rings is 1. The fraction of sp³-hybridized carbons (Fsp3) is 0.154. The number of ketones is 1. The number of aromatic nitrogens is 1. The number of aryl methyl sites for hydroxylation is 1. The van der Waals surface area contributed by atoms with E-state index in [4.69, 9.17) is 27.9 Å². The average molecular weight is 363 g/mol. The second kappa shape index (κ2) is 5.99. The van der Waals surface area contributed by atoms with Crippen LogP contribution in [-0.4, -0.2) is 17.0 Å². The first kappa shape index (κ1) is 14.4. The Morgan fingerprint density at radius 3 is 2.74 bits per heavy atom. The lowest BCUT2D eigenvalue weighted by molar-refractivity contribution is 0.0921. The van der Waals surface area contributed by atoms with Gasteiger partial charge < -0.3 is 9.30 Å². The number of rotatable bonds is 4. The molecule has 0 fully saturated rings. The van der Waals surface area contributed by atoms with Crippen LogP contribution < -0.4 is 4.74 Å². The Kier molecular flexibility index (Phi) is 4.55. The summed E-state index contributed by atoms with van der Waals surface area (Å²) >= 11 is 15.2. The molecule has 3 nitrogen and oxygen atoms in total. The second-order valence-electron chi connectivity index (χ2n) is 3.97. The summed E-state index contributed by atoms with van der Waals surface area (Å²) in [7, 11) is 1.85. The van der Waals surface area contributed by atoms with Crippen molar-refractivity contribution in [3.63, 3.8) is 0 Å². The molecule has 0 atom stereocenters. The van der Waals surface area contributed by atoms with E-state index in [1.54, 1.807) is 35.2 Å². The summed E-state index contributed by atoms with van der Waals surface area (Å²) < 4.78 is 7.89. The third-order valence-electron chi connectivity index (χ3n) is 2.49. The van der Waals surface area contributed by atoms with E-state index in [-0.39, 0.29) is 12.4 Å². The van der Waals surface area contributed by atoms with Gasteiger partial charge in [-0.2, -0.15) is 0 Å². The van der Waals surface area contributed by atoms with Gasteiger partial charge in [-0.15, -0.1) is 0 Å². The fourth-order valence-corrected chi connectivity index (χ4v) is 2.36. The van der Waals surface area contributed by atoms with Crippen LogP contribution in [0.2, 0.25) is 10.0 Å². The van der Waals surface area contributed by atoms with E-state index >= 15 is 0 Å². The Bertz CT molecular complexity index is 625. The molecule has 100 valence electrons. The molecule has 0 radical (unpaired) electrons. The molecule has 0 bridgehead atoms. The molecule has 6 heteroatoms. The van der Waals surface area contributed by atoms with Gasteiger partial charge >= 0.3 is 0 Å². The Morgan fingerprint density at radius 1 is 1.37 bits per heavy atom. The molecule has 0 aliphatic rings. The highest BCUT2D eigenvalue weighted by molar-refractivity contribution is 9.10. The number of ether oxygens (including phenoxy) is 1. The first-order valence-electron chi connectivity index (χ1n) is 5.40. The predicted molar refractivity (Wildman–Crippen MR) is 79.4 cm³/mol. The van der Waals surface area contributed by atoms with Gasteiger partial charge in [0.2, 0.25) is 5.78 Å². The molecule has 0 aliphatic carbocycles. The Labute approximate surface area is 129 Å². The van der Waals surface area contributed by atoms with Crippen molar-refractivity contribution in [2.75, 3.05) is 6.61 Å². The maximum atomic E-state index is 11.9. The smallest absolute Gasteiger partial charge is 0.201 e. The first-order chi connectivity index (χ1) is 8.97. The monoisotopic (exact) mass is 361 g/mol. The topological polar surface area (TPSA) is 31.2 Å². The van der Waals surface area contributed by atoms with Crippen LogP contribution in [-0.2, 0) is 7.05 Å². The van der Waals surface area contributed by atoms with Crippen LogP contribution in [0.4, 0.5) is 0 Å². The second-order valence-corrected chi connectivity index (χ2v) is 5.64. The zero-order chi connectivity index (χ0) is 14.0. The Morgan fingerprint density at radius 2 is 2.11 bits per heavy atom. The van der Waals surface area contributed by atoms with Gasteiger partial charge in [0, 0.05) is 35.5 Å². The van der Waals surface area contributed by atoms with Crippen molar-refractivity contribution in [2.45, 2.75) is 0 Å². The van der Waals surface area contributed by atoms with E-state index in [1.165, 1.54) is 0 Å². The largest absolute Gasteiger partial charge is 0.484 e. The zero-order valence-electron chi connectivity index (χ0n) is 9.99. The standard InChI is InChI=1S/C13H10BrCl2NO2/c1-17-3-2-8(6-17)12(18)7-19-13-5-10(15)9(14)4-11(13)16/h2-6H,7H2,1H3. The van der Waals surface area contributed by atoms with Crippen LogP contribution in [0, 0.1) is 0 Å². The lowest BCUT2D eigenvalue weighted by Gasteiger charge is -2.08. The summed E-state index contributed by atoms with van der Waals surface area (Å²) in [5.74, 6) is 0.273. The average Bonchev–Trinajstić information content (AvgIpc) is 2.78. The van der Waals surface area contributed by atoms with E-state index in [2.05, 4.69) is 15.9 Å². The van der Waals surface area contributed by atoms with Crippen LogP contribution >= 0.6 is 39.1 Å². The summed E-state index contributed by atoms with van der Waals surface area (Å²) in [4.78, 5) is 11.9. The van der Waals surface area contributed by atoms with E-state index in [9.17, 15) is 4.79 Å². The van der Waals surface area contributed by atoms with Gasteiger partial charge in [0.05, 0.1) is 10.0 Å². The van der Waals surface area contributed by atoms with E-state index in [0.29, 0.717) is 25.8 Å². The van der Waals surface area contributed by atoms with Gasteiger partial charge in [-0.1, -0.05) is 23.2 Å². The molecule has 0 spiro atoms. The van der Waals surface area contributed by atoms with E-state index in [0.717, 1.165) is 0 Å². The SMILES string of the molecule is Cn1ccc(C(=O)COc2cc(Cl)c(Br)cc2Cl)c1. The summed E-state index contributed by atoms with van der Waals surface area (Å²) in [5, 5.41) is 0.878. The minimum absolute atomic E-state index is 0.0817. The minimum atomic E-state index is -0.115. The number of nitrogens with zero attached hydrogens (tertiary/aromatic N) is 1. The number of halogens is 3. The zero-order valence-corrected chi connectivity index (χ0v) is 13.1. The van der Waals surface area contributed by atoms with E-state index in [1.807, 2.05) is 7.05 Å². The van der Waals surface area contributed by atoms with Crippen molar-refractivity contribution in [1.29, 1.82) is 0 Å². The Balaban J connectivity index is 2.07. The lowest BCUT2D eigenvalue weighted by Crippen LogP contribution is -2.11. The molecule has 1 aromatic heterocycles. The summed E-state index contributed by atoms with van der Waals surface area (Å²) in [6, 6.07) is 4.94. The van der Waals surface area contributed by atoms with Crippen LogP contribution in [0.25, 0.3) is 0 Å². The molecule has 0 N–H and O–H groups in total. The van der Waals surface area contributed by atoms with Gasteiger partial charge in [-0.3, -0.25) is 4.79 Å². The summed E-state index contributed by atoms with van der Waals surface area (Å²) in [6.07, 6.45) is 3.54. The lowest BCUT2D eigenvalue weighted by atomic mass is 10.2. The summed E-state index contributed by atoms with van der Waals surface area (Å²) in [6.45, 7) is -0.0817. The number of hydrogen-bond acceptors (Lipinski definition) is 2. The molecule has 2 aromatic rings. The fourth-order valence-electron chi connectivity index (χ4n) is 1.51. The van der Waals surface area contributed by atoms with Crippen LogP contribution in [0.1, 0.15) is 10.4 Å². The van der Waals surface area contributed by atoms with Gasteiger partial charge in [-0.25, -0.2) is 0 Å². The maximum Gasteiger partial charge on any atom is 0.201 e. The van der Waals surface area contributed by atoms with Crippen LogP contribution in [0.5, 0.6) is 5.75 Å². The number of carbonyl (C=O) groups is 1.